The molecule has 12 nitrogen and oxygen atoms in total. The Morgan fingerprint density at radius 3 is 2.62 bits per heavy atom. The van der Waals surface area contributed by atoms with Gasteiger partial charge in [-0.25, -0.2) is 9.78 Å². The average molecular weight is 409 g/mol. The molecular formula is C17H23N5O7. The molecule has 1 aromatic rings. The maximum atomic E-state index is 12.8. The number of H-pyrrole nitrogens is 1. The van der Waals surface area contributed by atoms with Crippen molar-refractivity contribution in [3.63, 3.8) is 0 Å². The minimum Gasteiger partial charge on any atom is -0.481 e. The number of nitrogens with two attached hydrogens (primary N) is 1. The number of carboxylic acids is 2. The third-order valence-electron chi connectivity index (χ3n) is 4.70. The van der Waals surface area contributed by atoms with E-state index in [1.807, 2.05) is 0 Å². The van der Waals surface area contributed by atoms with Crippen LogP contribution in [0.3, 0.4) is 0 Å². The van der Waals surface area contributed by atoms with E-state index in [4.69, 9.17) is 10.8 Å². The van der Waals surface area contributed by atoms with E-state index < -0.39 is 47.5 Å². The molecule has 6 N–H and O–H groups in total. The van der Waals surface area contributed by atoms with E-state index >= 15 is 0 Å². The molecule has 0 radical (unpaired) electrons. The van der Waals surface area contributed by atoms with Crippen LogP contribution in [-0.4, -0.2) is 79.8 Å². The molecule has 158 valence electrons. The molecular weight excluding hydrogens is 386 g/mol. The highest BCUT2D eigenvalue weighted by Crippen LogP contribution is 2.24. The van der Waals surface area contributed by atoms with Gasteiger partial charge in [-0.05, 0) is 6.42 Å². The molecule has 12 heteroatoms. The molecule has 0 aliphatic carbocycles. The first-order valence-electron chi connectivity index (χ1n) is 8.97. The van der Waals surface area contributed by atoms with Gasteiger partial charge in [0.25, 0.3) is 0 Å². The fourth-order valence-electron chi connectivity index (χ4n) is 3.25. The summed E-state index contributed by atoms with van der Waals surface area (Å²) in [6.07, 6.45) is 2.11. The molecule has 0 aromatic carbocycles. The smallest absolute Gasteiger partial charge is 0.326 e. The number of hydrogen-bond acceptors (Lipinski definition) is 7. The second-order valence-electron chi connectivity index (χ2n) is 6.74. The van der Waals surface area contributed by atoms with Gasteiger partial charge in [-0.15, -0.1) is 0 Å². The molecule has 1 aliphatic heterocycles. The maximum absolute atomic E-state index is 12.8. The van der Waals surface area contributed by atoms with Crippen molar-refractivity contribution < 1.29 is 34.2 Å². The normalized spacial score (nSPS) is 18.3. The van der Waals surface area contributed by atoms with E-state index in [1.54, 1.807) is 0 Å². The lowest BCUT2D eigenvalue weighted by Gasteiger charge is -2.25. The van der Waals surface area contributed by atoms with Crippen LogP contribution >= 0.6 is 0 Å². The van der Waals surface area contributed by atoms with Gasteiger partial charge in [-0.3, -0.25) is 19.2 Å². The lowest BCUT2D eigenvalue weighted by molar-refractivity contribution is -0.148. The van der Waals surface area contributed by atoms with Gasteiger partial charge < -0.3 is 31.1 Å². The highest BCUT2D eigenvalue weighted by atomic mass is 16.4. The Labute approximate surface area is 165 Å². The topological polar surface area (TPSA) is 196 Å². The number of carboxylic acid groups (broad SMARTS) is 2. The van der Waals surface area contributed by atoms with E-state index in [1.165, 1.54) is 12.5 Å². The number of nitrogens with zero attached hydrogens (tertiary/aromatic N) is 2. The minimum absolute atomic E-state index is 0.00562. The van der Waals surface area contributed by atoms with Gasteiger partial charge >= 0.3 is 11.9 Å². The van der Waals surface area contributed by atoms with Gasteiger partial charge in [-0.2, -0.15) is 0 Å². The summed E-state index contributed by atoms with van der Waals surface area (Å²) in [5, 5.41) is 20.8. The van der Waals surface area contributed by atoms with E-state index in [0.29, 0.717) is 5.69 Å². The molecule has 29 heavy (non-hydrogen) atoms. The molecule has 2 rings (SSSR count). The van der Waals surface area contributed by atoms with Crippen LogP contribution in [0.5, 0.6) is 0 Å². The van der Waals surface area contributed by atoms with Crippen molar-refractivity contribution in [3.8, 4) is 0 Å². The molecule has 1 saturated heterocycles. The summed E-state index contributed by atoms with van der Waals surface area (Å²) in [6.45, 7) is -0.511. The van der Waals surface area contributed by atoms with Gasteiger partial charge in [0.1, 0.15) is 6.04 Å². The number of ketones is 1. The number of carbonyl (C=O) groups is 5. The molecule has 1 aliphatic rings. The average Bonchev–Trinajstić information content (AvgIpc) is 3.31. The van der Waals surface area contributed by atoms with Crippen molar-refractivity contribution in [2.24, 2.45) is 11.7 Å². The highest BCUT2D eigenvalue weighted by Gasteiger charge is 2.42. The number of Topliss-reactive ketones (excluding diaryl/α,β-unsaturated/α-hetero) is 1. The van der Waals surface area contributed by atoms with Crippen molar-refractivity contribution in [1.82, 2.24) is 20.2 Å². The van der Waals surface area contributed by atoms with Crippen molar-refractivity contribution in [2.75, 3.05) is 13.1 Å². The van der Waals surface area contributed by atoms with Crippen LogP contribution in [0.2, 0.25) is 0 Å². The number of aliphatic carboxylic acids is 2. The van der Waals surface area contributed by atoms with Gasteiger partial charge in [0.05, 0.1) is 18.9 Å². The van der Waals surface area contributed by atoms with E-state index in [9.17, 15) is 29.1 Å². The summed E-state index contributed by atoms with van der Waals surface area (Å²) in [4.78, 5) is 67.0. The number of rotatable bonds is 11. The summed E-state index contributed by atoms with van der Waals surface area (Å²) in [7, 11) is 0. The molecule has 0 bridgehead atoms. The lowest BCUT2D eigenvalue weighted by Crippen LogP contribution is -2.47. The zero-order chi connectivity index (χ0) is 21.6. The van der Waals surface area contributed by atoms with E-state index in [0.717, 1.165) is 4.90 Å². The Morgan fingerprint density at radius 1 is 1.34 bits per heavy atom. The fourth-order valence-corrected chi connectivity index (χ4v) is 3.25. The standard InChI is InChI=1S/C17H23N5O7/c18-5-13(23)21-11(1-2-15(25)26)16(27)9-3-14(24)22(7-9)12(17(28)29)4-10-6-19-8-20-10/h6,8-9,11-12H,1-5,7,18H2,(H,19,20)(H,21,23)(H,25,26)(H,28,29)/t9-,11-,12-/m0/s1. The number of hydrogen-bond donors (Lipinski definition) is 5. The molecule has 0 spiro atoms. The van der Waals surface area contributed by atoms with Gasteiger partial charge in [-0.1, -0.05) is 0 Å². The number of nitrogens with one attached hydrogen (secondary N) is 2. The summed E-state index contributed by atoms with van der Waals surface area (Å²) < 4.78 is 0. The third-order valence-corrected chi connectivity index (χ3v) is 4.70. The van der Waals surface area contributed by atoms with Crippen LogP contribution in [-0.2, 0) is 30.4 Å². The summed E-state index contributed by atoms with van der Waals surface area (Å²) in [6, 6.07) is -2.30. The quantitative estimate of drug-likeness (QED) is 0.278. The van der Waals surface area contributed by atoms with Crippen molar-refractivity contribution in [1.29, 1.82) is 0 Å². The number of carbonyl (C=O) groups excluding carboxylic acids is 3. The maximum Gasteiger partial charge on any atom is 0.326 e. The number of aromatic nitrogens is 2. The van der Waals surface area contributed by atoms with Crippen molar-refractivity contribution in [2.45, 2.75) is 37.8 Å². The van der Waals surface area contributed by atoms with Crippen LogP contribution in [0.4, 0.5) is 0 Å². The molecule has 0 saturated carbocycles. The summed E-state index contributed by atoms with van der Waals surface area (Å²) in [5.41, 5.74) is 5.76. The second kappa shape index (κ2) is 9.78. The fraction of sp³-hybridized carbons (Fsp3) is 0.529. The van der Waals surface area contributed by atoms with Gasteiger partial charge in [0.2, 0.25) is 11.8 Å². The predicted molar refractivity (Wildman–Crippen MR) is 96.4 cm³/mol. The zero-order valence-corrected chi connectivity index (χ0v) is 15.5. The monoisotopic (exact) mass is 409 g/mol. The molecule has 2 heterocycles. The minimum atomic E-state index is -1.22. The summed E-state index contributed by atoms with van der Waals surface area (Å²) >= 11 is 0. The lowest BCUT2D eigenvalue weighted by atomic mass is 9.94. The molecule has 0 unspecified atom stereocenters. The van der Waals surface area contributed by atoms with Crippen LogP contribution in [0.1, 0.15) is 25.0 Å². The zero-order valence-electron chi connectivity index (χ0n) is 15.5. The van der Waals surface area contributed by atoms with E-state index in [2.05, 4.69) is 15.3 Å². The highest BCUT2D eigenvalue weighted by molar-refractivity contribution is 5.96. The Hall–Kier alpha value is -3.28. The summed E-state index contributed by atoms with van der Waals surface area (Å²) in [5.74, 6) is -4.87. The predicted octanol–water partition coefficient (Wildman–Crippen LogP) is -1.87. The van der Waals surface area contributed by atoms with Crippen LogP contribution in [0.15, 0.2) is 12.5 Å². The Kier molecular flexibility index (Phi) is 7.42. The molecule has 3 atom stereocenters. The van der Waals surface area contributed by atoms with Crippen LogP contribution in [0.25, 0.3) is 0 Å². The molecule has 1 aromatic heterocycles. The number of aromatic amines is 1. The van der Waals surface area contributed by atoms with Gasteiger partial charge in [0.15, 0.2) is 5.78 Å². The third kappa shape index (κ3) is 5.85. The first-order valence-corrected chi connectivity index (χ1v) is 8.97. The first kappa shape index (κ1) is 22.0. The SMILES string of the molecule is NCC(=O)N[C@@H](CCC(=O)O)C(=O)[C@H]1CC(=O)N([C@@H](Cc2cnc[nH]2)C(=O)O)C1. The first-order chi connectivity index (χ1) is 13.7. The Bertz CT molecular complexity index is 779. The van der Waals surface area contributed by atoms with Crippen molar-refractivity contribution >= 4 is 29.5 Å². The Morgan fingerprint density at radius 2 is 2.07 bits per heavy atom. The molecule has 1 fully saturated rings. The second-order valence-corrected chi connectivity index (χ2v) is 6.74. The molecule has 2 amide bonds. The van der Waals surface area contributed by atoms with Crippen LogP contribution < -0.4 is 11.1 Å². The number of likely N-dealkylation sites (tertiary alicyclic amines) is 1. The van der Waals surface area contributed by atoms with Crippen molar-refractivity contribution in [3.05, 3.63) is 18.2 Å². The number of imidazole rings is 1. The largest absolute Gasteiger partial charge is 0.481 e. The van der Waals surface area contributed by atoms with Crippen LogP contribution in [0, 0.1) is 5.92 Å². The van der Waals surface area contributed by atoms with E-state index in [-0.39, 0.29) is 38.8 Å². The number of amides is 2. The van der Waals surface area contributed by atoms with Gasteiger partial charge in [0, 0.05) is 43.6 Å². The Balaban J connectivity index is 2.12.